The zero-order valence-electron chi connectivity index (χ0n) is 32.6. The smallest absolute Gasteiger partial charge is 0.317 e. The van der Waals surface area contributed by atoms with Crippen LogP contribution in [0.25, 0.3) is 0 Å². The van der Waals surface area contributed by atoms with Crippen LogP contribution in [0.15, 0.2) is 0 Å². The molecule has 0 unspecified atom stereocenters. The lowest BCUT2D eigenvalue weighted by atomic mass is 10.1. The summed E-state index contributed by atoms with van der Waals surface area (Å²) in [5.74, 6) is -2.23. The van der Waals surface area contributed by atoms with Crippen molar-refractivity contribution in [1.29, 1.82) is 0 Å². The Bertz CT molecular complexity index is 947. The Morgan fingerprint density at radius 2 is 0.922 bits per heavy atom. The third-order valence-corrected chi connectivity index (χ3v) is 8.74. The van der Waals surface area contributed by atoms with Crippen molar-refractivity contribution in [3.8, 4) is 0 Å². The Morgan fingerprint density at radius 3 is 1.31 bits per heavy atom. The van der Waals surface area contributed by atoms with Crippen molar-refractivity contribution < 1.29 is 39.3 Å². The van der Waals surface area contributed by atoms with E-state index in [-0.39, 0.29) is 38.0 Å². The Kier molecular flexibility index (Phi) is 28.0. The summed E-state index contributed by atoms with van der Waals surface area (Å²) in [4.78, 5) is 71.2. The lowest BCUT2D eigenvalue weighted by Crippen LogP contribution is -2.49. The number of aliphatic carboxylic acids is 3. The number of carboxylic acids is 3. The number of nitrogens with zero attached hydrogens (tertiary/aromatic N) is 6. The van der Waals surface area contributed by atoms with Crippen LogP contribution in [0.2, 0.25) is 0 Å². The number of nitrogens with one attached hydrogen (secondary N) is 1. The first-order chi connectivity index (χ1) is 24.4. The van der Waals surface area contributed by atoms with Crippen molar-refractivity contribution >= 4 is 29.7 Å². The van der Waals surface area contributed by atoms with Gasteiger partial charge in [0.25, 0.3) is 0 Å². The maximum absolute atomic E-state index is 12.8. The number of rotatable bonds is 18. The van der Waals surface area contributed by atoms with Gasteiger partial charge in [-0.2, -0.15) is 0 Å². The highest BCUT2D eigenvalue weighted by Gasteiger charge is 2.22. The second-order valence-electron chi connectivity index (χ2n) is 13.2. The summed E-state index contributed by atoms with van der Waals surface area (Å²) in [7, 11) is 0. The molecule has 2 amide bonds. The normalized spacial score (nSPS) is 17.6. The molecule has 2 saturated heterocycles. The Hall–Kier alpha value is -2.85. The summed E-state index contributed by atoms with van der Waals surface area (Å²) in [6.07, 6.45) is 5.32. The van der Waals surface area contributed by atoms with Crippen molar-refractivity contribution in [2.75, 3.05) is 118 Å². The van der Waals surface area contributed by atoms with E-state index in [0.29, 0.717) is 65.3 Å². The summed E-state index contributed by atoms with van der Waals surface area (Å²) in [6.45, 7) is 19.8. The molecule has 0 saturated carbocycles. The number of carbonyl (C=O) groups excluding carboxylic acids is 2. The van der Waals surface area contributed by atoms with Gasteiger partial charge in [0.05, 0.1) is 26.2 Å². The molecule has 2 rings (SSSR count). The quantitative estimate of drug-likeness (QED) is 0.150. The molecule has 0 aliphatic carbocycles. The molecule has 51 heavy (non-hydrogen) atoms. The van der Waals surface area contributed by atoms with Crippen LogP contribution < -0.4 is 5.32 Å². The van der Waals surface area contributed by atoms with E-state index in [1.54, 1.807) is 14.7 Å². The molecule has 0 bridgehead atoms. The number of amides is 2. The van der Waals surface area contributed by atoms with Gasteiger partial charge in [-0.25, -0.2) is 0 Å². The first-order valence-corrected chi connectivity index (χ1v) is 19.2. The minimum absolute atomic E-state index is 0.0922. The molecule has 2 aliphatic heterocycles. The van der Waals surface area contributed by atoms with Gasteiger partial charge >= 0.3 is 17.9 Å². The van der Waals surface area contributed by atoms with Gasteiger partial charge in [0.2, 0.25) is 11.8 Å². The summed E-state index contributed by atoms with van der Waals surface area (Å²) in [5.41, 5.74) is 0. The van der Waals surface area contributed by atoms with Gasteiger partial charge in [-0.1, -0.05) is 48.0 Å². The molecule has 2 fully saturated rings. The van der Waals surface area contributed by atoms with E-state index in [1.165, 1.54) is 12.8 Å². The molecule has 0 aromatic heterocycles. The minimum Gasteiger partial charge on any atom is -0.480 e. The van der Waals surface area contributed by atoms with Crippen molar-refractivity contribution in [2.45, 2.75) is 80.1 Å². The largest absolute Gasteiger partial charge is 0.480 e. The highest BCUT2D eigenvalue weighted by atomic mass is 16.4. The molecule has 2 heterocycles. The Labute approximate surface area is 307 Å². The second-order valence-corrected chi connectivity index (χ2v) is 13.2. The van der Waals surface area contributed by atoms with Crippen LogP contribution in [0.5, 0.6) is 0 Å². The molecule has 2 aliphatic rings. The number of carboxylic acid groups (broad SMARTS) is 3. The zero-order valence-corrected chi connectivity index (χ0v) is 32.6. The molecule has 0 aromatic rings. The highest BCUT2D eigenvalue weighted by Crippen LogP contribution is 2.10. The van der Waals surface area contributed by atoms with E-state index >= 15 is 0 Å². The molecule has 0 radical (unpaired) electrons. The molecule has 0 spiro atoms. The highest BCUT2D eigenvalue weighted by molar-refractivity contribution is 5.78. The van der Waals surface area contributed by atoms with Crippen LogP contribution in [-0.4, -0.2) is 192 Å². The molecular formula is C36H71N7O8. The summed E-state index contributed by atoms with van der Waals surface area (Å²) < 4.78 is 0. The molecule has 0 atom stereocenters. The van der Waals surface area contributed by atoms with Gasteiger partial charge in [0.15, 0.2) is 0 Å². The van der Waals surface area contributed by atoms with Crippen LogP contribution in [0.4, 0.5) is 0 Å². The topological polar surface area (TPSA) is 178 Å². The lowest BCUT2D eigenvalue weighted by Gasteiger charge is -2.35. The van der Waals surface area contributed by atoms with E-state index in [2.05, 4.69) is 24.1 Å². The Balaban J connectivity index is 0.00000602. The zero-order chi connectivity index (χ0) is 38.6. The third-order valence-electron chi connectivity index (χ3n) is 8.74. The van der Waals surface area contributed by atoms with Gasteiger partial charge < -0.3 is 25.5 Å². The lowest BCUT2D eigenvalue weighted by molar-refractivity contribution is -0.140. The fourth-order valence-electron chi connectivity index (χ4n) is 5.95. The van der Waals surface area contributed by atoms with E-state index in [0.717, 1.165) is 57.9 Å². The second kappa shape index (κ2) is 29.7. The summed E-state index contributed by atoms with van der Waals surface area (Å²) >= 11 is 0. The standard InChI is InChI=1S/C32H59N7O8.2C2H6/c1-27(2)7-6-10-34-19-21-39(22-20-34)29(41)8-4-3-5-9-33-28(40)23-35-11-13-36(24-30(42)43)15-17-38(26-32(46)47)18-16-37(14-12-35)25-31(44)45;2*1-2/h27H,3-26H2,1-2H3,(H,33,40)(H,42,43)(H,44,45)(H,46,47);2*1-2H3. The summed E-state index contributed by atoms with van der Waals surface area (Å²) in [5, 5.41) is 31.0. The van der Waals surface area contributed by atoms with E-state index in [9.17, 15) is 39.3 Å². The van der Waals surface area contributed by atoms with E-state index < -0.39 is 17.9 Å². The number of carbonyl (C=O) groups is 5. The molecular weight excluding hydrogens is 658 g/mol. The molecule has 298 valence electrons. The monoisotopic (exact) mass is 730 g/mol. The van der Waals surface area contributed by atoms with E-state index in [4.69, 9.17) is 0 Å². The summed E-state index contributed by atoms with van der Waals surface area (Å²) in [6, 6.07) is 0. The van der Waals surface area contributed by atoms with Crippen molar-refractivity contribution in [2.24, 2.45) is 5.92 Å². The van der Waals surface area contributed by atoms with Gasteiger partial charge in [-0.15, -0.1) is 0 Å². The van der Waals surface area contributed by atoms with E-state index in [1.807, 2.05) is 37.5 Å². The van der Waals surface area contributed by atoms with Crippen molar-refractivity contribution in [3.63, 3.8) is 0 Å². The predicted octanol–water partition coefficient (Wildman–Crippen LogP) is 1.77. The van der Waals surface area contributed by atoms with Crippen LogP contribution in [0, 0.1) is 5.92 Å². The minimum atomic E-state index is -1.01. The SMILES string of the molecule is CC.CC.CC(C)CCCN1CCN(C(=O)CCCCCNC(=O)CN2CCN(CC(=O)O)CCN(CC(=O)O)CCN(CC(=O)O)CC2)CC1. The molecule has 15 heteroatoms. The number of piperazine rings is 1. The maximum atomic E-state index is 12.8. The Morgan fingerprint density at radius 1 is 0.529 bits per heavy atom. The fourth-order valence-corrected chi connectivity index (χ4v) is 5.95. The van der Waals surface area contributed by atoms with Crippen LogP contribution in [-0.2, 0) is 24.0 Å². The number of hydrogen-bond acceptors (Lipinski definition) is 10. The van der Waals surface area contributed by atoms with Crippen LogP contribution in [0.3, 0.4) is 0 Å². The number of hydrogen-bond donors (Lipinski definition) is 4. The van der Waals surface area contributed by atoms with Gasteiger partial charge in [-0.05, 0) is 38.1 Å². The molecule has 15 nitrogen and oxygen atoms in total. The van der Waals surface area contributed by atoms with Crippen molar-refractivity contribution in [1.82, 2.24) is 34.7 Å². The first-order valence-electron chi connectivity index (χ1n) is 19.2. The molecule has 4 N–H and O–H groups in total. The fraction of sp³-hybridized carbons (Fsp3) is 0.861. The first kappa shape index (κ1) is 48.1. The van der Waals surface area contributed by atoms with Gasteiger partial charge in [0, 0.05) is 91.5 Å². The maximum Gasteiger partial charge on any atom is 0.317 e. The average Bonchev–Trinajstić information content (AvgIpc) is 3.08. The average molecular weight is 730 g/mol. The predicted molar refractivity (Wildman–Crippen MR) is 200 cm³/mol. The molecule has 0 aromatic carbocycles. The van der Waals surface area contributed by atoms with Crippen LogP contribution >= 0.6 is 0 Å². The van der Waals surface area contributed by atoms with Crippen LogP contribution in [0.1, 0.15) is 80.1 Å². The van der Waals surface area contributed by atoms with Gasteiger partial charge in [0.1, 0.15) is 0 Å². The number of unbranched alkanes of at least 4 members (excludes halogenated alkanes) is 2. The van der Waals surface area contributed by atoms with Crippen molar-refractivity contribution in [3.05, 3.63) is 0 Å². The van der Waals surface area contributed by atoms with Gasteiger partial charge in [-0.3, -0.25) is 48.5 Å². The third kappa shape index (κ3) is 24.9.